The Morgan fingerprint density at radius 2 is 2.24 bits per heavy atom. The quantitative estimate of drug-likeness (QED) is 0.941. The molecule has 1 atom stereocenters. The first-order valence-electron chi connectivity index (χ1n) is 5.54. The molecule has 3 nitrogen and oxygen atoms in total. The smallest absolute Gasteiger partial charge is 0.0631 e. The molecule has 1 unspecified atom stereocenters. The standard InChI is InChI=1S/C13H15BrN2O/c1-16-6-5-13(15-16)8-11(9-17)10-3-2-4-12(14)7-10/h2-7,11,17H,8-9H2,1H3. The molecule has 90 valence electrons. The number of nitrogens with zero attached hydrogens (tertiary/aromatic N) is 2. The van der Waals surface area contributed by atoms with Crippen LogP contribution in [0.1, 0.15) is 17.2 Å². The summed E-state index contributed by atoms with van der Waals surface area (Å²) in [6, 6.07) is 10.0. The van der Waals surface area contributed by atoms with Crippen LogP contribution in [-0.2, 0) is 13.5 Å². The van der Waals surface area contributed by atoms with E-state index in [1.165, 1.54) is 0 Å². The van der Waals surface area contributed by atoms with Crippen LogP contribution < -0.4 is 0 Å². The van der Waals surface area contributed by atoms with Gasteiger partial charge in [0.15, 0.2) is 0 Å². The summed E-state index contributed by atoms with van der Waals surface area (Å²) in [4.78, 5) is 0. The van der Waals surface area contributed by atoms with Crippen molar-refractivity contribution < 1.29 is 5.11 Å². The van der Waals surface area contributed by atoms with Crippen molar-refractivity contribution >= 4 is 15.9 Å². The molecule has 0 bridgehead atoms. The van der Waals surface area contributed by atoms with Gasteiger partial charge in [0.05, 0.1) is 12.3 Å². The molecule has 0 fully saturated rings. The second-order valence-corrected chi connectivity index (χ2v) is 5.04. The average molecular weight is 295 g/mol. The van der Waals surface area contributed by atoms with Gasteiger partial charge in [-0.05, 0) is 23.8 Å². The fraction of sp³-hybridized carbons (Fsp3) is 0.308. The van der Waals surface area contributed by atoms with E-state index in [4.69, 9.17) is 0 Å². The summed E-state index contributed by atoms with van der Waals surface area (Å²) in [6.07, 6.45) is 2.68. The molecule has 0 saturated carbocycles. The summed E-state index contributed by atoms with van der Waals surface area (Å²) in [7, 11) is 1.90. The molecule has 2 aromatic rings. The van der Waals surface area contributed by atoms with Crippen LogP contribution >= 0.6 is 15.9 Å². The third-order valence-electron chi connectivity index (χ3n) is 2.76. The van der Waals surface area contributed by atoms with Crippen LogP contribution in [0.25, 0.3) is 0 Å². The highest BCUT2D eigenvalue weighted by Crippen LogP contribution is 2.22. The van der Waals surface area contributed by atoms with Gasteiger partial charge < -0.3 is 5.11 Å². The number of halogens is 1. The van der Waals surface area contributed by atoms with Gasteiger partial charge in [0.2, 0.25) is 0 Å². The first-order valence-corrected chi connectivity index (χ1v) is 6.33. The Morgan fingerprint density at radius 1 is 1.41 bits per heavy atom. The maximum atomic E-state index is 9.49. The van der Waals surface area contributed by atoms with E-state index in [0.29, 0.717) is 0 Å². The Kier molecular flexibility index (Phi) is 3.97. The zero-order valence-electron chi connectivity index (χ0n) is 9.68. The summed E-state index contributed by atoms with van der Waals surface area (Å²) in [5.74, 6) is 0.0994. The Hall–Kier alpha value is -1.13. The van der Waals surface area contributed by atoms with Crippen LogP contribution in [-0.4, -0.2) is 21.5 Å². The van der Waals surface area contributed by atoms with Crippen LogP contribution in [0.3, 0.4) is 0 Å². The number of hydrogen-bond acceptors (Lipinski definition) is 2. The molecule has 0 radical (unpaired) electrons. The second-order valence-electron chi connectivity index (χ2n) is 4.12. The summed E-state index contributed by atoms with van der Waals surface area (Å²) in [6.45, 7) is 0.132. The molecule has 0 aliphatic carbocycles. The normalized spacial score (nSPS) is 12.6. The third kappa shape index (κ3) is 3.17. The highest BCUT2D eigenvalue weighted by molar-refractivity contribution is 9.10. The minimum absolute atomic E-state index is 0.0994. The zero-order chi connectivity index (χ0) is 12.3. The lowest BCUT2D eigenvalue weighted by Crippen LogP contribution is -2.08. The zero-order valence-corrected chi connectivity index (χ0v) is 11.3. The summed E-state index contributed by atoms with van der Waals surface area (Å²) >= 11 is 3.45. The number of aliphatic hydroxyl groups excluding tert-OH is 1. The van der Waals surface area contributed by atoms with E-state index < -0.39 is 0 Å². The minimum Gasteiger partial charge on any atom is -0.396 e. The van der Waals surface area contributed by atoms with Crippen molar-refractivity contribution in [3.8, 4) is 0 Å². The highest BCUT2D eigenvalue weighted by atomic mass is 79.9. The Labute approximate surface area is 109 Å². The van der Waals surface area contributed by atoms with Crippen LogP contribution in [0.2, 0.25) is 0 Å². The van der Waals surface area contributed by atoms with Crippen molar-refractivity contribution in [2.45, 2.75) is 12.3 Å². The fourth-order valence-electron chi connectivity index (χ4n) is 1.87. The van der Waals surface area contributed by atoms with E-state index >= 15 is 0 Å². The molecular weight excluding hydrogens is 280 g/mol. The topological polar surface area (TPSA) is 38.0 Å². The number of hydrogen-bond donors (Lipinski definition) is 1. The van der Waals surface area contributed by atoms with E-state index in [1.54, 1.807) is 4.68 Å². The molecule has 0 amide bonds. The molecular formula is C13H15BrN2O. The molecule has 0 aliphatic rings. The van der Waals surface area contributed by atoms with Crippen molar-refractivity contribution in [3.63, 3.8) is 0 Å². The van der Waals surface area contributed by atoms with Crippen molar-refractivity contribution in [3.05, 3.63) is 52.3 Å². The fourth-order valence-corrected chi connectivity index (χ4v) is 2.29. The highest BCUT2D eigenvalue weighted by Gasteiger charge is 2.13. The van der Waals surface area contributed by atoms with Crippen molar-refractivity contribution in [1.29, 1.82) is 0 Å². The van der Waals surface area contributed by atoms with Gasteiger partial charge in [0, 0.05) is 30.1 Å². The van der Waals surface area contributed by atoms with E-state index in [0.717, 1.165) is 22.2 Å². The molecule has 1 aromatic carbocycles. The van der Waals surface area contributed by atoms with E-state index in [9.17, 15) is 5.11 Å². The molecule has 2 rings (SSSR count). The Bertz CT molecular complexity index is 496. The van der Waals surface area contributed by atoms with E-state index in [-0.39, 0.29) is 12.5 Å². The molecule has 17 heavy (non-hydrogen) atoms. The van der Waals surface area contributed by atoms with Crippen molar-refractivity contribution in [2.24, 2.45) is 7.05 Å². The summed E-state index contributed by atoms with van der Waals surface area (Å²) in [5.41, 5.74) is 2.14. The lowest BCUT2D eigenvalue weighted by atomic mass is 9.95. The number of aromatic nitrogens is 2. The van der Waals surface area contributed by atoms with Gasteiger partial charge >= 0.3 is 0 Å². The van der Waals surface area contributed by atoms with Crippen LogP contribution in [0.4, 0.5) is 0 Å². The predicted octanol–water partition coefficient (Wildman–Crippen LogP) is 2.50. The third-order valence-corrected chi connectivity index (χ3v) is 3.26. The number of benzene rings is 1. The number of aliphatic hydroxyl groups is 1. The lowest BCUT2D eigenvalue weighted by Gasteiger charge is -2.13. The summed E-state index contributed by atoms with van der Waals surface area (Å²) in [5, 5.41) is 13.8. The maximum absolute atomic E-state index is 9.49. The summed E-state index contributed by atoms with van der Waals surface area (Å²) < 4.78 is 2.82. The molecule has 4 heteroatoms. The molecule has 0 saturated heterocycles. The van der Waals surface area contributed by atoms with E-state index in [2.05, 4.69) is 21.0 Å². The van der Waals surface area contributed by atoms with Crippen LogP contribution in [0, 0.1) is 0 Å². The van der Waals surface area contributed by atoms with Gasteiger partial charge in [0.25, 0.3) is 0 Å². The lowest BCUT2D eigenvalue weighted by molar-refractivity contribution is 0.263. The first kappa shape index (κ1) is 12.3. The van der Waals surface area contributed by atoms with Gasteiger partial charge in [-0.1, -0.05) is 28.1 Å². The Balaban J connectivity index is 2.16. The van der Waals surface area contributed by atoms with Crippen molar-refractivity contribution in [1.82, 2.24) is 9.78 Å². The predicted molar refractivity (Wildman–Crippen MR) is 70.9 cm³/mol. The van der Waals surface area contributed by atoms with Crippen molar-refractivity contribution in [2.75, 3.05) is 6.61 Å². The van der Waals surface area contributed by atoms with Gasteiger partial charge in [-0.15, -0.1) is 0 Å². The molecule has 0 aliphatic heterocycles. The first-order chi connectivity index (χ1) is 8.19. The second kappa shape index (κ2) is 5.47. The average Bonchev–Trinajstić information content (AvgIpc) is 2.72. The molecule has 1 heterocycles. The van der Waals surface area contributed by atoms with Crippen LogP contribution in [0.5, 0.6) is 0 Å². The van der Waals surface area contributed by atoms with Gasteiger partial charge in [-0.25, -0.2) is 0 Å². The monoisotopic (exact) mass is 294 g/mol. The van der Waals surface area contributed by atoms with E-state index in [1.807, 2.05) is 43.6 Å². The van der Waals surface area contributed by atoms with Gasteiger partial charge in [-0.3, -0.25) is 4.68 Å². The van der Waals surface area contributed by atoms with Gasteiger partial charge in [0.1, 0.15) is 0 Å². The van der Waals surface area contributed by atoms with Crippen LogP contribution in [0.15, 0.2) is 41.0 Å². The molecule has 1 aromatic heterocycles. The SMILES string of the molecule is Cn1ccc(CC(CO)c2cccc(Br)c2)n1. The Morgan fingerprint density at radius 3 is 2.82 bits per heavy atom. The molecule has 0 spiro atoms. The maximum Gasteiger partial charge on any atom is 0.0631 e. The minimum atomic E-state index is 0.0994. The number of aryl methyl sites for hydroxylation is 1. The largest absolute Gasteiger partial charge is 0.396 e. The number of rotatable bonds is 4. The van der Waals surface area contributed by atoms with Gasteiger partial charge in [-0.2, -0.15) is 5.10 Å². The molecule has 1 N–H and O–H groups in total.